The lowest BCUT2D eigenvalue weighted by molar-refractivity contribution is 0.0284. The monoisotopic (exact) mass is 431 g/mol. The van der Waals surface area contributed by atoms with Gasteiger partial charge in [-0.1, -0.05) is 73.7 Å². The summed E-state index contributed by atoms with van der Waals surface area (Å²) in [6.45, 7) is 8.84. The molecule has 4 heteroatoms. The summed E-state index contributed by atoms with van der Waals surface area (Å²) in [5, 5.41) is 0. The van der Waals surface area contributed by atoms with Gasteiger partial charge >= 0.3 is 6.09 Å². The number of hydrogen-bond donors (Lipinski definition) is 0. The van der Waals surface area contributed by atoms with Crippen LogP contribution < -0.4 is 0 Å². The van der Waals surface area contributed by atoms with Gasteiger partial charge in [0.15, 0.2) is 0 Å². The van der Waals surface area contributed by atoms with Crippen LogP contribution in [0.4, 0.5) is 9.18 Å². The molecule has 1 amide bonds. The molecule has 1 aliphatic rings. The van der Waals surface area contributed by atoms with E-state index in [1.165, 1.54) is 17.7 Å². The molecule has 0 spiro atoms. The van der Waals surface area contributed by atoms with E-state index in [0.29, 0.717) is 13.1 Å². The third kappa shape index (κ3) is 4.55. The van der Waals surface area contributed by atoms with E-state index in [9.17, 15) is 9.18 Å². The third-order valence-electron chi connectivity index (χ3n) is 6.27. The Bertz CT molecular complexity index is 1070. The summed E-state index contributed by atoms with van der Waals surface area (Å²) in [7, 11) is 0. The molecule has 0 radical (unpaired) electrons. The first-order valence-electron chi connectivity index (χ1n) is 11.0. The predicted octanol–water partition coefficient (Wildman–Crippen LogP) is 6.78. The van der Waals surface area contributed by atoms with E-state index >= 15 is 0 Å². The number of carbonyl (C=O) groups is 1. The standard InChI is InChI=1S/C28H30FNO2/c1-27(2,3)32-26(31)30-18-25(28(4,19-30)23-14-16-24(29)17-15-23)22-12-10-21(11-13-22)20-8-6-5-7-9-20/h5-17,25H,18-19H2,1-4H3/t25-,28+/m0/s1. The highest BCUT2D eigenvalue weighted by Gasteiger charge is 2.47. The Hall–Kier alpha value is -3.14. The lowest BCUT2D eigenvalue weighted by Gasteiger charge is -2.31. The first kappa shape index (κ1) is 22.1. The van der Waals surface area contributed by atoms with Gasteiger partial charge in [-0.25, -0.2) is 9.18 Å². The SMILES string of the molecule is CC(C)(C)OC(=O)N1C[C@@H](c2ccc(-c3ccccc3)cc2)[C@@](C)(c2ccc(F)cc2)C1. The highest BCUT2D eigenvalue weighted by molar-refractivity contribution is 5.70. The number of benzene rings is 3. The Morgan fingerprint density at radius 3 is 2.12 bits per heavy atom. The van der Waals surface area contributed by atoms with E-state index in [1.807, 2.05) is 51.1 Å². The lowest BCUT2D eigenvalue weighted by Crippen LogP contribution is -2.37. The average Bonchev–Trinajstić information content (AvgIpc) is 3.13. The second kappa shape index (κ2) is 8.42. The minimum Gasteiger partial charge on any atom is -0.444 e. The Balaban J connectivity index is 1.68. The highest BCUT2D eigenvalue weighted by Crippen LogP contribution is 2.45. The van der Waals surface area contributed by atoms with Gasteiger partial charge in [0.2, 0.25) is 0 Å². The minimum absolute atomic E-state index is 0.0605. The Morgan fingerprint density at radius 1 is 0.938 bits per heavy atom. The first-order chi connectivity index (χ1) is 15.2. The van der Waals surface area contributed by atoms with Crippen LogP contribution in [0.3, 0.4) is 0 Å². The molecule has 0 bridgehead atoms. The molecule has 4 rings (SSSR count). The molecule has 1 fully saturated rings. The van der Waals surface area contributed by atoms with Gasteiger partial charge in [-0.2, -0.15) is 0 Å². The van der Waals surface area contributed by atoms with E-state index < -0.39 is 5.60 Å². The molecule has 0 N–H and O–H groups in total. The van der Waals surface area contributed by atoms with Crippen LogP contribution in [-0.4, -0.2) is 29.7 Å². The van der Waals surface area contributed by atoms with E-state index in [2.05, 4.69) is 43.3 Å². The molecule has 3 aromatic rings. The smallest absolute Gasteiger partial charge is 0.410 e. The van der Waals surface area contributed by atoms with Gasteiger partial charge in [0.25, 0.3) is 0 Å². The van der Waals surface area contributed by atoms with Crippen molar-refractivity contribution < 1.29 is 13.9 Å². The van der Waals surface area contributed by atoms with Crippen molar-refractivity contribution in [1.29, 1.82) is 0 Å². The summed E-state index contributed by atoms with van der Waals surface area (Å²) in [6, 6.07) is 25.5. The average molecular weight is 432 g/mol. The van der Waals surface area contributed by atoms with E-state index in [-0.39, 0.29) is 23.2 Å². The Labute approximate surface area is 189 Å². The maximum Gasteiger partial charge on any atom is 0.410 e. The summed E-state index contributed by atoms with van der Waals surface area (Å²) in [6.07, 6.45) is -0.311. The van der Waals surface area contributed by atoms with Crippen molar-refractivity contribution in [1.82, 2.24) is 4.90 Å². The zero-order valence-corrected chi connectivity index (χ0v) is 19.1. The molecule has 0 unspecified atom stereocenters. The zero-order valence-electron chi connectivity index (χ0n) is 19.1. The van der Waals surface area contributed by atoms with E-state index in [1.54, 1.807) is 4.90 Å². The number of carbonyl (C=O) groups excluding carboxylic acids is 1. The molecule has 3 nitrogen and oxygen atoms in total. The van der Waals surface area contributed by atoms with Crippen LogP contribution in [0.5, 0.6) is 0 Å². The van der Waals surface area contributed by atoms with Gasteiger partial charge in [0.05, 0.1) is 0 Å². The number of likely N-dealkylation sites (tertiary alicyclic amines) is 1. The van der Waals surface area contributed by atoms with Gasteiger partial charge in [-0.3, -0.25) is 0 Å². The summed E-state index contributed by atoms with van der Waals surface area (Å²) >= 11 is 0. The van der Waals surface area contributed by atoms with Crippen LogP contribution in [0.2, 0.25) is 0 Å². The van der Waals surface area contributed by atoms with Crippen molar-refractivity contribution in [3.8, 4) is 11.1 Å². The molecule has 1 heterocycles. The molecule has 0 saturated carbocycles. The summed E-state index contributed by atoms with van der Waals surface area (Å²) in [5.74, 6) is -0.201. The molecular weight excluding hydrogens is 401 g/mol. The molecule has 1 saturated heterocycles. The summed E-state index contributed by atoms with van der Waals surface area (Å²) in [4.78, 5) is 14.7. The lowest BCUT2D eigenvalue weighted by atomic mass is 9.71. The number of rotatable bonds is 3. The molecule has 2 atom stereocenters. The molecule has 32 heavy (non-hydrogen) atoms. The molecule has 1 aliphatic heterocycles. The van der Waals surface area contributed by atoms with Crippen molar-refractivity contribution in [2.75, 3.05) is 13.1 Å². The van der Waals surface area contributed by atoms with Crippen molar-refractivity contribution in [2.45, 2.75) is 44.6 Å². The van der Waals surface area contributed by atoms with Crippen LogP contribution in [0.15, 0.2) is 78.9 Å². The molecule has 166 valence electrons. The summed E-state index contributed by atoms with van der Waals surface area (Å²) < 4.78 is 19.3. The van der Waals surface area contributed by atoms with Crippen LogP contribution >= 0.6 is 0 Å². The number of halogens is 1. The van der Waals surface area contributed by atoms with Gasteiger partial charge in [0, 0.05) is 24.4 Å². The van der Waals surface area contributed by atoms with Crippen LogP contribution in [0.25, 0.3) is 11.1 Å². The minimum atomic E-state index is -0.557. The fourth-order valence-corrected chi connectivity index (χ4v) is 4.59. The number of hydrogen-bond acceptors (Lipinski definition) is 2. The van der Waals surface area contributed by atoms with E-state index in [0.717, 1.165) is 16.7 Å². The maximum atomic E-state index is 13.6. The van der Waals surface area contributed by atoms with Crippen molar-refractivity contribution in [2.24, 2.45) is 0 Å². The zero-order chi connectivity index (χ0) is 22.9. The van der Waals surface area contributed by atoms with Gasteiger partial charge in [0.1, 0.15) is 11.4 Å². The Morgan fingerprint density at radius 2 is 1.53 bits per heavy atom. The van der Waals surface area contributed by atoms with Gasteiger partial charge < -0.3 is 9.64 Å². The number of ether oxygens (including phenoxy) is 1. The normalized spacial score (nSPS) is 20.9. The van der Waals surface area contributed by atoms with Crippen LogP contribution in [-0.2, 0) is 10.2 Å². The quantitative estimate of drug-likeness (QED) is 0.457. The molecule has 0 aliphatic carbocycles. The van der Waals surface area contributed by atoms with Crippen molar-refractivity contribution in [3.05, 3.63) is 95.8 Å². The fraction of sp³-hybridized carbons (Fsp3) is 0.321. The Kier molecular flexibility index (Phi) is 5.81. The van der Waals surface area contributed by atoms with Crippen LogP contribution in [0.1, 0.15) is 44.7 Å². The predicted molar refractivity (Wildman–Crippen MR) is 126 cm³/mol. The van der Waals surface area contributed by atoms with Gasteiger partial charge in [-0.15, -0.1) is 0 Å². The highest BCUT2D eigenvalue weighted by atomic mass is 19.1. The fourth-order valence-electron chi connectivity index (χ4n) is 4.59. The second-order valence-corrected chi connectivity index (χ2v) is 9.83. The maximum absolute atomic E-state index is 13.6. The number of amides is 1. The van der Waals surface area contributed by atoms with E-state index in [4.69, 9.17) is 4.74 Å². The summed E-state index contributed by atoms with van der Waals surface area (Å²) in [5.41, 5.74) is 3.57. The topological polar surface area (TPSA) is 29.5 Å². The molecule has 3 aromatic carbocycles. The van der Waals surface area contributed by atoms with Crippen molar-refractivity contribution >= 4 is 6.09 Å². The number of nitrogens with zero attached hydrogens (tertiary/aromatic N) is 1. The third-order valence-corrected chi connectivity index (χ3v) is 6.27. The first-order valence-corrected chi connectivity index (χ1v) is 11.0. The van der Waals surface area contributed by atoms with Crippen molar-refractivity contribution in [3.63, 3.8) is 0 Å². The van der Waals surface area contributed by atoms with Crippen LogP contribution in [0, 0.1) is 5.82 Å². The largest absolute Gasteiger partial charge is 0.444 e. The molecular formula is C28H30FNO2. The second-order valence-electron chi connectivity index (χ2n) is 9.83. The molecule has 0 aromatic heterocycles. The van der Waals surface area contributed by atoms with Gasteiger partial charge in [-0.05, 0) is 55.2 Å².